The molecule has 0 amide bonds. The van der Waals surface area contributed by atoms with Gasteiger partial charge in [-0.1, -0.05) is 48.5 Å². The Morgan fingerprint density at radius 2 is 1.74 bits per heavy atom. The number of benzene rings is 3. The lowest BCUT2D eigenvalue weighted by Crippen LogP contribution is -2.13. The molecule has 4 aromatic rings. The van der Waals surface area contributed by atoms with E-state index in [9.17, 15) is 14.9 Å². The molecule has 0 saturated heterocycles. The van der Waals surface area contributed by atoms with Crippen LogP contribution in [0.1, 0.15) is 10.4 Å². The van der Waals surface area contributed by atoms with Gasteiger partial charge in [-0.05, 0) is 23.8 Å². The number of Topliss-reactive ketones (excluding diaryl/α,β-unsaturated/α-hetero) is 1. The van der Waals surface area contributed by atoms with Gasteiger partial charge in [-0.2, -0.15) is 0 Å². The van der Waals surface area contributed by atoms with Gasteiger partial charge in [0.1, 0.15) is 5.75 Å². The number of nitro benzene ring substituents is 1. The van der Waals surface area contributed by atoms with Crippen molar-refractivity contribution in [3.63, 3.8) is 0 Å². The van der Waals surface area contributed by atoms with Crippen LogP contribution in [0.15, 0.2) is 72.8 Å². The van der Waals surface area contributed by atoms with Crippen LogP contribution >= 0.6 is 0 Å². The van der Waals surface area contributed by atoms with Crippen LogP contribution in [0.2, 0.25) is 0 Å². The number of hydrogen-bond acceptors (Lipinski definition) is 5. The number of methoxy groups -OCH3 is 1. The fourth-order valence-electron chi connectivity index (χ4n) is 3.71. The summed E-state index contributed by atoms with van der Waals surface area (Å²) in [6, 6.07) is 21.5. The van der Waals surface area contributed by atoms with Gasteiger partial charge in [-0.25, -0.2) is 0 Å². The van der Waals surface area contributed by atoms with E-state index in [1.807, 2.05) is 66.2 Å². The van der Waals surface area contributed by atoms with Crippen LogP contribution in [0.25, 0.3) is 22.2 Å². The van der Waals surface area contributed by atoms with Gasteiger partial charge in [-0.15, -0.1) is 0 Å². The summed E-state index contributed by atoms with van der Waals surface area (Å²) >= 11 is 0. The number of ether oxygens (including phenoxy) is 2. The molecule has 0 N–H and O–H groups in total. The molecule has 3 aromatic carbocycles. The van der Waals surface area contributed by atoms with Crippen LogP contribution in [0.5, 0.6) is 11.5 Å². The fourth-order valence-corrected chi connectivity index (χ4v) is 3.71. The van der Waals surface area contributed by atoms with Gasteiger partial charge in [0.25, 0.3) is 0 Å². The minimum Gasteiger partial charge on any atom is -0.496 e. The molecule has 0 aliphatic rings. The second-order valence-electron chi connectivity index (χ2n) is 6.97. The Morgan fingerprint density at radius 1 is 1.03 bits per heavy atom. The monoisotopic (exact) mass is 416 g/mol. The minimum atomic E-state index is -0.560. The molecule has 0 aliphatic heterocycles. The minimum absolute atomic E-state index is 0.0145. The second-order valence-corrected chi connectivity index (χ2v) is 6.97. The zero-order chi connectivity index (χ0) is 22.0. The third-order valence-corrected chi connectivity index (χ3v) is 5.15. The number of carbonyl (C=O) groups excluding carboxylic acids is 1. The van der Waals surface area contributed by atoms with E-state index in [2.05, 4.69) is 0 Å². The van der Waals surface area contributed by atoms with Gasteiger partial charge < -0.3 is 14.0 Å². The van der Waals surface area contributed by atoms with Gasteiger partial charge in [-0.3, -0.25) is 14.9 Å². The lowest BCUT2D eigenvalue weighted by molar-refractivity contribution is -0.385. The molecule has 7 nitrogen and oxygen atoms in total. The average Bonchev–Trinajstić information content (AvgIpc) is 3.10. The first kappa shape index (κ1) is 20.2. The number of ketones is 1. The number of nitrogens with zero attached hydrogens (tertiary/aromatic N) is 2. The Bertz CT molecular complexity index is 1280. The third-order valence-electron chi connectivity index (χ3n) is 5.15. The number of aryl methyl sites for hydroxylation is 1. The highest BCUT2D eigenvalue weighted by Gasteiger charge is 2.24. The van der Waals surface area contributed by atoms with E-state index in [4.69, 9.17) is 9.47 Å². The van der Waals surface area contributed by atoms with Gasteiger partial charge in [0.05, 0.1) is 29.4 Å². The quantitative estimate of drug-likeness (QED) is 0.240. The highest BCUT2D eigenvalue weighted by atomic mass is 16.6. The van der Waals surface area contributed by atoms with Gasteiger partial charge in [0.15, 0.2) is 12.4 Å². The van der Waals surface area contributed by atoms with Crippen molar-refractivity contribution in [3.05, 3.63) is 88.5 Å². The number of rotatable bonds is 7. The summed E-state index contributed by atoms with van der Waals surface area (Å²) in [5, 5.41) is 12.2. The maximum absolute atomic E-state index is 13.3. The molecule has 31 heavy (non-hydrogen) atoms. The van der Waals surface area contributed by atoms with E-state index in [1.54, 1.807) is 6.07 Å². The molecule has 4 rings (SSSR count). The number of aromatic nitrogens is 1. The lowest BCUT2D eigenvalue weighted by atomic mass is 10.0. The highest BCUT2D eigenvalue weighted by molar-refractivity contribution is 6.14. The van der Waals surface area contributed by atoms with Crippen LogP contribution in [-0.2, 0) is 7.05 Å². The molecular formula is C24H20N2O5. The highest BCUT2D eigenvalue weighted by Crippen LogP contribution is 2.34. The molecule has 0 bridgehead atoms. The van der Waals surface area contributed by atoms with Crippen LogP contribution in [0.4, 0.5) is 5.69 Å². The van der Waals surface area contributed by atoms with E-state index >= 15 is 0 Å². The van der Waals surface area contributed by atoms with Crippen molar-refractivity contribution in [2.45, 2.75) is 0 Å². The van der Waals surface area contributed by atoms with Crippen LogP contribution in [0.3, 0.4) is 0 Å². The molecule has 0 spiro atoms. The summed E-state index contributed by atoms with van der Waals surface area (Å²) < 4.78 is 12.6. The molecule has 1 aromatic heterocycles. The van der Waals surface area contributed by atoms with Crippen molar-refractivity contribution < 1.29 is 19.2 Å². The first-order valence-electron chi connectivity index (χ1n) is 9.62. The van der Waals surface area contributed by atoms with E-state index in [1.165, 1.54) is 19.2 Å². The lowest BCUT2D eigenvalue weighted by Gasteiger charge is -2.10. The van der Waals surface area contributed by atoms with Gasteiger partial charge in [0, 0.05) is 18.0 Å². The molecule has 0 aliphatic carbocycles. The number of carbonyl (C=O) groups is 1. The molecule has 0 unspecified atom stereocenters. The van der Waals surface area contributed by atoms with E-state index < -0.39 is 4.92 Å². The Kier molecular flexibility index (Phi) is 5.41. The van der Waals surface area contributed by atoms with E-state index in [-0.39, 0.29) is 23.8 Å². The van der Waals surface area contributed by atoms with Crippen molar-refractivity contribution in [1.29, 1.82) is 0 Å². The van der Waals surface area contributed by atoms with Crippen molar-refractivity contribution in [2.75, 3.05) is 13.7 Å². The normalized spacial score (nSPS) is 10.8. The zero-order valence-corrected chi connectivity index (χ0v) is 17.1. The fraction of sp³-hybridized carbons (Fsp3) is 0.125. The molecule has 0 fully saturated rings. The van der Waals surface area contributed by atoms with Crippen molar-refractivity contribution >= 4 is 22.4 Å². The summed E-state index contributed by atoms with van der Waals surface area (Å²) in [6.07, 6.45) is 0. The molecule has 0 radical (unpaired) electrons. The Labute approximate surface area is 178 Å². The summed E-state index contributed by atoms with van der Waals surface area (Å²) in [5.41, 5.74) is 2.87. The first-order valence-corrected chi connectivity index (χ1v) is 9.62. The smallest absolute Gasteiger partial charge is 0.314 e. The molecule has 0 saturated carbocycles. The Hall–Kier alpha value is -4.13. The standard InChI is InChI=1S/C24H20N2O5/c1-25-19-11-7-6-10-18(19)23(24(25)16-8-4-3-5-9-16)21(27)15-31-22-13-12-17(30-2)14-20(22)26(28)29/h3-14H,15H2,1-2H3. The third kappa shape index (κ3) is 3.73. The summed E-state index contributed by atoms with van der Waals surface area (Å²) in [4.78, 5) is 24.2. The van der Waals surface area contributed by atoms with Crippen molar-refractivity contribution in [3.8, 4) is 22.8 Å². The van der Waals surface area contributed by atoms with E-state index in [0.717, 1.165) is 22.2 Å². The SMILES string of the molecule is COc1ccc(OCC(=O)c2c(-c3ccccc3)n(C)c3ccccc23)c([N+](=O)[O-])c1. The predicted molar refractivity (Wildman–Crippen MR) is 118 cm³/mol. The first-order chi connectivity index (χ1) is 15.0. The van der Waals surface area contributed by atoms with Gasteiger partial charge in [0.2, 0.25) is 5.78 Å². The van der Waals surface area contributed by atoms with E-state index in [0.29, 0.717) is 11.3 Å². The Balaban J connectivity index is 1.73. The summed E-state index contributed by atoms with van der Waals surface area (Å²) in [5.74, 6) is 0.0900. The van der Waals surface area contributed by atoms with Crippen LogP contribution in [-0.4, -0.2) is 29.0 Å². The van der Waals surface area contributed by atoms with Crippen LogP contribution in [0, 0.1) is 10.1 Å². The topological polar surface area (TPSA) is 83.6 Å². The number of fused-ring (bicyclic) bond motifs is 1. The second kappa shape index (κ2) is 8.31. The Morgan fingerprint density at radius 3 is 2.45 bits per heavy atom. The van der Waals surface area contributed by atoms with Crippen molar-refractivity contribution in [2.24, 2.45) is 7.05 Å². The largest absolute Gasteiger partial charge is 0.496 e. The molecular weight excluding hydrogens is 396 g/mol. The average molecular weight is 416 g/mol. The van der Waals surface area contributed by atoms with Crippen molar-refractivity contribution in [1.82, 2.24) is 4.57 Å². The maximum Gasteiger partial charge on any atom is 0.314 e. The maximum atomic E-state index is 13.3. The molecule has 156 valence electrons. The summed E-state index contributed by atoms with van der Waals surface area (Å²) in [7, 11) is 3.34. The summed E-state index contributed by atoms with van der Waals surface area (Å²) in [6.45, 7) is -0.332. The van der Waals surface area contributed by atoms with Gasteiger partial charge >= 0.3 is 5.69 Å². The number of para-hydroxylation sites is 1. The predicted octanol–water partition coefficient (Wildman–Crippen LogP) is 5.02. The number of nitro groups is 1. The van der Waals surface area contributed by atoms with Crippen LogP contribution < -0.4 is 9.47 Å². The molecule has 0 atom stereocenters. The number of hydrogen-bond donors (Lipinski definition) is 0. The molecule has 7 heteroatoms. The zero-order valence-electron chi connectivity index (χ0n) is 17.1. The molecule has 1 heterocycles.